The van der Waals surface area contributed by atoms with Crippen LogP contribution < -0.4 is 5.73 Å². The molecule has 0 fully saturated rings. The Morgan fingerprint density at radius 1 is 1.70 bits per heavy atom. The van der Waals surface area contributed by atoms with Gasteiger partial charge in [0.2, 0.25) is 0 Å². The van der Waals surface area contributed by atoms with Crippen molar-refractivity contribution < 1.29 is 5.11 Å². The van der Waals surface area contributed by atoms with Gasteiger partial charge >= 0.3 is 0 Å². The van der Waals surface area contributed by atoms with Gasteiger partial charge in [0.1, 0.15) is 5.75 Å². The van der Waals surface area contributed by atoms with E-state index in [9.17, 15) is 0 Å². The van der Waals surface area contributed by atoms with Crippen LogP contribution >= 0.6 is 0 Å². The number of nitrogens with two attached hydrogens (primary N) is 1. The van der Waals surface area contributed by atoms with Crippen molar-refractivity contribution in [3.8, 4) is 5.75 Å². The average Bonchev–Trinajstić information content (AvgIpc) is 2.34. The number of rotatable bonds is 2. The molecule has 10 heavy (non-hydrogen) atoms. The van der Waals surface area contributed by atoms with Crippen molar-refractivity contribution in [2.24, 2.45) is 5.73 Å². The molecule has 0 aliphatic heterocycles. The largest absolute Gasteiger partial charge is 0.506 e. The minimum atomic E-state index is -0.0498. The quantitative estimate of drug-likeness (QED) is 0.576. The first-order chi connectivity index (χ1) is 4.75. The zero-order valence-corrected chi connectivity index (χ0v) is 5.96. The summed E-state index contributed by atoms with van der Waals surface area (Å²) < 4.78 is 0. The van der Waals surface area contributed by atoms with E-state index in [-0.39, 0.29) is 11.8 Å². The van der Waals surface area contributed by atoms with E-state index in [0.717, 1.165) is 12.0 Å². The van der Waals surface area contributed by atoms with Crippen LogP contribution in [-0.2, 0) is 0 Å². The predicted molar refractivity (Wildman–Crippen MR) is 39.7 cm³/mol. The van der Waals surface area contributed by atoms with Crippen molar-refractivity contribution in [1.29, 1.82) is 0 Å². The molecule has 1 aromatic rings. The molecule has 4 N–H and O–H groups in total. The summed E-state index contributed by atoms with van der Waals surface area (Å²) in [6.45, 7) is 1.98. The van der Waals surface area contributed by atoms with E-state index in [4.69, 9.17) is 10.8 Å². The molecule has 0 aromatic carbocycles. The maximum absolute atomic E-state index is 9.14. The van der Waals surface area contributed by atoms with Gasteiger partial charge in [0.05, 0.1) is 0 Å². The van der Waals surface area contributed by atoms with Gasteiger partial charge in [-0.15, -0.1) is 0 Å². The van der Waals surface area contributed by atoms with Crippen molar-refractivity contribution >= 4 is 0 Å². The molecule has 1 aromatic heterocycles. The van der Waals surface area contributed by atoms with E-state index in [0.29, 0.717) is 0 Å². The average molecular weight is 140 g/mol. The number of hydrogen-bond acceptors (Lipinski definition) is 2. The molecule has 0 saturated carbocycles. The van der Waals surface area contributed by atoms with Crippen LogP contribution in [0.3, 0.4) is 0 Å². The lowest BCUT2D eigenvalue weighted by Crippen LogP contribution is -2.07. The highest BCUT2D eigenvalue weighted by Gasteiger charge is 2.07. The van der Waals surface area contributed by atoms with E-state index in [2.05, 4.69) is 4.98 Å². The molecule has 0 saturated heterocycles. The van der Waals surface area contributed by atoms with Crippen molar-refractivity contribution in [1.82, 2.24) is 4.98 Å². The molecule has 1 atom stereocenters. The Morgan fingerprint density at radius 3 is 2.80 bits per heavy atom. The fourth-order valence-electron chi connectivity index (χ4n) is 0.885. The Labute approximate surface area is 59.9 Å². The van der Waals surface area contributed by atoms with Gasteiger partial charge in [-0.1, -0.05) is 6.92 Å². The smallest absolute Gasteiger partial charge is 0.137 e. The number of aromatic hydroxyl groups is 1. The molecule has 0 radical (unpaired) electrons. The van der Waals surface area contributed by atoms with Crippen molar-refractivity contribution in [2.45, 2.75) is 19.4 Å². The van der Waals surface area contributed by atoms with E-state index >= 15 is 0 Å². The van der Waals surface area contributed by atoms with E-state index in [1.54, 1.807) is 6.20 Å². The summed E-state index contributed by atoms with van der Waals surface area (Å²) in [5, 5.41) is 9.14. The molecule has 56 valence electrons. The van der Waals surface area contributed by atoms with E-state index in [1.807, 2.05) is 6.92 Å². The van der Waals surface area contributed by atoms with Crippen LogP contribution in [0.4, 0.5) is 0 Å². The lowest BCUT2D eigenvalue weighted by molar-refractivity contribution is 0.462. The number of aromatic amines is 1. The third kappa shape index (κ3) is 1.14. The summed E-state index contributed by atoms with van der Waals surface area (Å²) in [5.41, 5.74) is 6.45. The van der Waals surface area contributed by atoms with E-state index < -0.39 is 0 Å². The Kier molecular flexibility index (Phi) is 1.97. The molecule has 3 nitrogen and oxygen atoms in total. The van der Waals surface area contributed by atoms with Crippen LogP contribution in [0.25, 0.3) is 0 Å². The summed E-state index contributed by atoms with van der Waals surface area (Å²) >= 11 is 0. The van der Waals surface area contributed by atoms with Gasteiger partial charge in [0.25, 0.3) is 0 Å². The van der Waals surface area contributed by atoms with Gasteiger partial charge in [0, 0.05) is 24.0 Å². The van der Waals surface area contributed by atoms with Crippen LogP contribution in [0.15, 0.2) is 12.4 Å². The molecule has 0 aliphatic carbocycles. The Bertz CT molecular complexity index is 207. The van der Waals surface area contributed by atoms with Crippen LogP contribution in [0.2, 0.25) is 0 Å². The van der Waals surface area contributed by atoms with Crippen LogP contribution in [0.1, 0.15) is 24.9 Å². The normalized spacial score (nSPS) is 13.4. The highest BCUT2D eigenvalue weighted by atomic mass is 16.3. The Morgan fingerprint density at radius 2 is 2.40 bits per heavy atom. The highest BCUT2D eigenvalue weighted by molar-refractivity contribution is 5.30. The third-order valence-corrected chi connectivity index (χ3v) is 1.59. The first-order valence-electron chi connectivity index (χ1n) is 3.37. The second-order valence-corrected chi connectivity index (χ2v) is 2.31. The van der Waals surface area contributed by atoms with Crippen LogP contribution in [0, 0.1) is 0 Å². The zero-order valence-electron chi connectivity index (χ0n) is 5.96. The maximum atomic E-state index is 9.14. The standard InChI is InChI=1S/C7H12N2O/c1-2-6(8)5-3-9-4-7(5)10/h3-4,6,9-10H,2,8H2,1H3/t6-/m0/s1. The van der Waals surface area contributed by atoms with Crippen LogP contribution in [0.5, 0.6) is 5.75 Å². The summed E-state index contributed by atoms with van der Waals surface area (Å²) in [7, 11) is 0. The predicted octanol–water partition coefficient (Wildman–Crippen LogP) is 1.13. The van der Waals surface area contributed by atoms with Crippen molar-refractivity contribution in [3.05, 3.63) is 18.0 Å². The fourth-order valence-corrected chi connectivity index (χ4v) is 0.885. The number of H-pyrrole nitrogens is 1. The third-order valence-electron chi connectivity index (χ3n) is 1.59. The molecule has 0 unspecified atom stereocenters. The van der Waals surface area contributed by atoms with Gasteiger partial charge < -0.3 is 15.8 Å². The molecule has 0 amide bonds. The van der Waals surface area contributed by atoms with E-state index in [1.165, 1.54) is 6.20 Å². The van der Waals surface area contributed by atoms with Crippen LogP contribution in [-0.4, -0.2) is 10.1 Å². The fraction of sp³-hybridized carbons (Fsp3) is 0.429. The minimum Gasteiger partial charge on any atom is -0.506 e. The molecular formula is C7H12N2O. The molecule has 0 bridgehead atoms. The van der Waals surface area contributed by atoms with Gasteiger partial charge in [0.15, 0.2) is 0 Å². The molecule has 0 aliphatic rings. The molecule has 3 heteroatoms. The molecule has 1 heterocycles. The van der Waals surface area contributed by atoms with Gasteiger partial charge in [-0.2, -0.15) is 0 Å². The second kappa shape index (κ2) is 2.75. The highest BCUT2D eigenvalue weighted by Crippen LogP contribution is 2.22. The van der Waals surface area contributed by atoms with Gasteiger partial charge in [-0.25, -0.2) is 0 Å². The topological polar surface area (TPSA) is 62.0 Å². The summed E-state index contributed by atoms with van der Waals surface area (Å²) in [5.74, 6) is 0.259. The second-order valence-electron chi connectivity index (χ2n) is 2.31. The zero-order chi connectivity index (χ0) is 7.56. The summed E-state index contributed by atoms with van der Waals surface area (Å²) in [4.78, 5) is 2.78. The number of nitrogens with one attached hydrogen (secondary N) is 1. The Hall–Kier alpha value is -0.960. The monoisotopic (exact) mass is 140 g/mol. The molecule has 0 spiro atoms. The van der Waals surface area contributed by atoms with Crippen molar-refractivity contribution in [3.63, 3.8) is 0 Å². The van der Waals surface area contributed by atoms with Gasteiger partial charge in [-0.3, -0.25) is 0 Å². The van der Waals surface area contributed by atoms with Crippen molar-refractivity contribution in [2.75, 3.05) is 0 Å². The number of aromatic nitrogens is 1. The SMILES string of the molecule is CC[C@H](N)c1c[nH]cc1O. The summed E-state index contributed by atoms with van der Waals surface area (Å²) in [6, 6.07) is -0.0498. The summed E-state index contributed by atoms with van der Waals surface area (Å²) in [6.07, 6.45) is 4.10. The Balaban J connectivity index is 2.82. The molecular weight excluding hydrogens is 128 g/mol. The first kappa shape index (κ1) is 7.15. The number of hydrogen-bond donors (Lipinski definition) is 3. The minimum absolute atomic E-state index is 0.0498. The first-order valence-corrected chi connectivity index (χ1v) is 3.37. The molecule has 1 rings (SSSR count). The lowest BCUT2D eigenvalue weighted by atomic mass is 10.1. The van der Waals surface area contributed by atoms with Gasteiger partial charge in [-0.05, 0) is 6.42 Å². The lowest BCUT2D eigenvalue weighted by Gasteiger charge is -2.05. The maximum Gasteiger partial charge on any atom is 0.137 e.